The highest BCUT2D eigenvalue weighted by molar-refractivity contribution is 7.16. The number of fused-ring (bicyclic) bond motifs is 1. The van der Waals surface area contributed by atoms with E-state index >= 15 is 0 Å². The summed E-state index contributed by atoms with van der Waals surface area (Å²) in [4.78, 5) is 38.5. The molecule has 11 heteroatoms. The van der Waals surface area contributed by atoms with Gasteiger partial charge in [0.1, 0.15) is 22.7 Å². The maximum atomic E-state index is 12.4. The van der Waals surface area contributed by atoms with Crippen molar-refractivity contribution in [2.75, 3.05) is 13.7 Å². The van der Waals surface area contributed by atoms with Crippen molar-refractivity contribution in [2.24, 2.45) is 4.99 Å². The predicted octanol–water partition coefficient (Wildman–Crippen LogP) is 2.52. The first kappa shape index (κ1) is 19.3. The highest BCUT2D eigenvalue weighted by atomic mass is 32.1. The fourth-order valence-electron chi connectivity index (χ4n) is 2.48. The number of methoxy groups -OCH3 is 1. The normalized spacial score (nSPS) is 11.6. The number of hydrogen-bond acceptors (Lipinski definition) is 8. The molecule has 0 aliphatic heterocycles. The quantitative estimate of drug-likeness (QED) is 0.350. The van der Waals surface area contributed by atoms with Gasteiger partial charge in [0.15, 0.2) is 4.80 Å². The smallest absolute Gasteiger partial charge is 0.433 e. The van der Waals surface area contributed by atoms with Crippen LogP contribution in [-0.2, 0) is 16.1 Å². The standard InChI is InChI=1S/C17H15N3O7S/c1-3-26-10-5-4-6-12-15(10)19(9-14(21)25-2)17(28-12)18-16(22)11-7-8-13(27-11)20(23)24/h4-8H,3,9H2,1-2H3. The Morgan fingerprint density at radius 1 is 1.32 bits per heavy atom. The maximum Gasteiger partial charge on any atom is 0.433 e. The fraction of sp³-hybridized carbons (Fsp3) is 0.235. The van der Waals surface area contributed by atoms with Crippen LogP contribution in [0.25, 0.3) is 10.2 Å². The van der Waals surface area contributed by atoms with Crippen LogP contribution in [0.15, 0.2) is 39.7 Å². The van der Waals surface area contributed by atoms with Crippen LogP contribution in [0, 0.1) is 10.1 Å². The number of carbonyl (C=O) groups is 2. The van der Waals surface area contributed by atoms with Gasteiger partial charge in [0.2, 0.25) is 5.76 Å². The summed E-state index contributed by atoms with van der Waals surface area (Å²) in [5.74, 6) is -1.65. The molecule has 0 bridgehead atoms. The molecule has 0 spiro atoms. The average Bonchev–Trinajstić information content (AvgIpc) is 3.28. The Kier molecular flexibility index (Phi) is 5.54. The second kappa shape index (κ2) is 8.05. The van der Waals surface area contributed by atoms with E-state index in [9.17, 15) is 19.7 Å². The van der Waals surface area contributed by atoms with E-state index in [1.165, 1.54) is 17.7 Å². The van der Waals surface area contributed by atoms with Gasteiger partial charge in [-0.15, -0.1) is 0 Å². The Balaban J connectivity index is 2.15. The zero-order valence-corrected chi connectivity index (χ0v) is 15.7. The lowest BCUT2D eigenvalue weighted by molar-refractivity contribution is -0.402. The van der Waals surface area contributed by atoms with Crippen molar-refractivity contribution in [1.29, 1.82) is 0 Å². The van der Waals surface area contributed by atoms with Gasteiger partial charge in [-0.3, -0.25) is 19.7 Å². The molecule has 3 aromatic rings. The highest BCUT2D eigenvalue weighted by Crippen LogP contribution is 2.28. The van der Waals surface area contributed by atoms with Gasteiger partial charge in [-0.25, -0.2) is 0 Å². The van der Waals surface area contributed by atoms with E-state index in [0.29, 0.717) is 17.9 Å². The molecule has 1 amide bonds. The summed E-state index contributed by atoms with van der Waals surface area (Å²) in [5.41, 5.74) is 0.594. The molecule has 0 fully saturated rings. The summed E-state index contributed by atoms with van der Waals surface area (Å²) in [6.07, 6.45) is 0. The van der Waals surface area contributed by atoms with E-state index in [-0.39, 0.29) is 17.1 Å². The molecule has 2 aromatic heterocycles. The number of benzene rings is 1. The third kappa shape index (κ3) is 3.78. The number of ether oxygens (including phenoxy) is 2. The number of aromatic nitrogens is 1. The number of hydrogen-bond donors (Lipinski definition) is 0. The summed E-state index contributed by atoms with van der Waals surface area (Å²) in [7, 11) is 1.25. The van der Waals surface area contributed by atoms with Gasteiger partial charge in [-0.2, -0.15) is 4.99 Å². The molecule has 0 unspecified atom stereocenters. The van der Waals surface area contributed by atoms with Gasteiger partial charge in [0.25, 0.3) is 0 Å². The summed E-state index contributed by atoms with van der Waals surface area (Å²) >= 11 is 1.16. The lowest BCUT2D eigenvalue weighted by Gasteiger charge is -2.08. The van der Waals surface area contributed by atoms with E-state index in [0.717, 1.165) is 22.1 Å². The Morgan fingerprint density at radius 2 is 2.11 bits per heavy atom. The summed E-state index contributed by atoms with van der Waals surface area (Å²) < 4.78 is 17.5. The van der Waals surface area contributed by atoms with Crippen molar-refractivity contribution in [3.63, 3.8) is 0 Å². The summed E-state index contributed by atoms with van der Waals surface area (Å²) in [6, 6.07) is 7.58. The number of thiazole rings is 1. The van der Waals surface area contributed by atoms with E-state index < -0.39 is 22.7 Å². The number of rotatable bonds is 6. The van der Waals surface area contributed by atoms with Crippen molar-refractivity contribution < 1.29 is 28.4 Å². The molecule has 0 saturated carbocycles. The van der Waals surface area contributed by atoms with Crippen molar-refractivity contribution in [3.8, 4) is 5.75 Å². The molecule has 0 N–H and O–H groups in total. The molecule has 146 valence electrons. The fourth-order valence-corrected chi connectivity index (χ4v) is 3.52. The minimum Gasteiger partial charge on any atom is -0.492 e. The molecule has 0 radical (unpaired) electrons. The number of nitro groups is 1. The van der Waals surface area contributed by atoms with Gasteiger partial charge < -0.3 is 18.5 Å². The zero-order chi connectivity index (χ0) is 20.3. The van der Waals surface area contributed by atoms with Crippen LogP contribution in [0.3, 0.4) is 0 Å². The van der Waals surface area contributed by atoms with Crippen molar-refractivity contribution >= 4 is 39.3 Å². The molecule has 0 aliphatic carbocycles. The first-order valence-electron chi connectivity index (χ1n) is 8.09. The Bertz CT molecular complexity index is 1130. The molecule has 10 nitrogen and oxygen atoms in total. The van der Waals surface area contributed by atoms with E-state index in [1.54, 1.807) is 18.2 Å². The number of esters is 1. The van der Waals surface area contributed by atoms with Crippen molar-refractivity contribution in [3.05, 3.63) is 51.0 Å². The van der Waals surface area contributed by atoms with Crippen molar-refractivity contribution in [2.45, 2.75) is 13.5 Å². The molecular weight excluding hydrogens is 390 g/mol. The minimum absolute atomic E-state index is 0.189. The monoisotopic (exact) mass is 405 g/mol. The topological polar surface area (TPSA) is 126 Å². The second-order valence-electron chi connectivity index (χ2n) is 5.39. The van der Waals surface area contributed by atoms with Gasteiger partial charge in [-0.1, -0.05) is 17.4 Å². The lowest BCUT2D eigenvalue weighted by atomic mass is 10.3. The summed E-state index contributed by atoms with van der Waals surface area (Å²) in [5, 5.41) is 10.7. The number of furan rings is 1. The van der Waals surface area contributed by atoms with Gasteiger partial charge in [0, 0.05) is 0 Å². The molecule has 2 heterocycles. The largest absolute Gasteiger partial charge is 0.492 e. The van der Waals surface area contributed by atoms with Crippen LogP contribution in [0.1, 0.15) is 17.5 Å². The van der Waals surface area contributed by atoms with E-state index in [4.69, 9.17) is 13.9 Å². The van der Waals surface area contributed by atoms with Crippen molar-refractivity contribution in [1.82, 2.24) is 4.57 Å². The highest BCUT2D eigenvalue weighted by Gasteiger charge is 2.19. The second-order valence-corrected chi connectivity index (χ2v) is 6.40. The summed E-state index contributed by atoms with van der Waals surface area (Å²) in [6.45, 7) is 2.05. The van der Waals surface area contributed by atoms with E-state index in [1.807, 2.05) is 6.92 Å². The average molecular weight is 405 g/mol. The van der Waals surface area contributed by atoms with Crippen LogP contribution in [0.5, 0.6) is 5.75 Å². The molecule has 28 heavy (non-hydrogen) atoms. The van der Waals surface area contributed by atoms with Gasteiger partial charge in [-0.05, 0) is 25.1 Å². The van der Waals surface area contributed by atoms with Gasteiger partial charge >= 0.3 is 17.8 Å². The van der Waals surface area contributed by atoms with E-state index in [2.05, 4.69) is 4.99 Å². The SMILES string of the molecule is CCOc1cccc2sc(=NC(=O)c3ccc([N+](=O)[O-])o3)n(CC(=O)OC)c12. The van der Waals surface area contributed by atoms with Crippen LogP contribution in [-0.4, -0.2) is 35.1 Å². The van der Waals surface area contributed by atoms with Crippen LogP contribution in [0.2, 0.25) is 0 Å². The molecule has 0 aliphatic rings. The lowest BCUT2D eigenvalue weighted by Crippen LogP contribution is -2.22. The first-order valence-corrected chi connectivity index (χ1v) is 8.91. The molecule has 1 aromatic carbocycles. The van der Waals surface area contributed by atoms with Crippen LogP contribution in [0.4, 0.5) is 5.88 Å². The number of amides is 1. The van der Waals surface area contributed by atoms with Gasteiger partial charge in [0.05, 0.1) is 24.5 Å². The first-order chi connectivity index (χ1) is 13.4. The Labute approximate surface area is 161 Å². The molecule has 0 atom stereocenters. The molecule has 3 rings (SSSR count). The maximum absolute atomic E-state index is 12.4. The Morgan fingerprint density at radius 3 is 2.75 bits per heavy atom. The number of para-hydroxylation sites is 1. The third-order valence-electron chi connectivity index (χ3n) is 3.66. The minimum atomic E-state index is -0.809. The van der Waals surface area contributed by atoms with Crippen LogP contribution < -0.4 is 9.54 Å². The third-order valence-corrected chi connectivity index (χ3v) is 4.70. The molecular formula is C17H15N3O7S. The predicted molar refractivity (Wildman–Crippen MR) is 98.3 cm³/mol. The number of nitrogens with zero attached hydrogens (tertiary/aromatic N) is 3. The van der Waals surface area contributed by atoms with Crippen LogP contribution >= 0.6 is 11.3 Å². The molecule has 0 saturated heterocycles. The zero-order valence-electron chi connectivity index (χ0n) is 14.9. The Hall–Kier alpha value is -3.47. The number of carbonyl (C=O) groups excluding carboxylic acids is 2.